The van der Waals surface area contributed by atoms with Crippen LogP contribution in [0, 0.1) is 21.6 Å². The van der Waals surface area contributed by atoms with Gasteiger partial charge in [-0.1, -0.05) is 0 Å². The first kappa shape index (κ1) is 55.1. The van der Waals surface area contributed by atoms with E-state index in [9.17, 15) is 61.1 Å². The zero-order valence-electron chi connectivity index (χ0n) is 41.5. The third-order valence-corrected chi connectivity index (χ3v) is 16.3. The molecular formula is C38H66N26O14. The molecule has 0 saturated carbocycles. The topological polar surface area (TPSA) is 630 Å². The summed E-state index contributed by atoms with van der Waals surface area (Å²) < 4.78 is 9.45. The van der Waals surface area contributed by atoms with E-state index in [-0.39, 0.29) is 80.9 Å². The van der Waals surface area contributed by atoms with Gasteiger partial charge in [0.2, 0.25) is 35.4 Å². The van der Waals surface area contributed by atoms with Crippen molar-refractivity contribution < 1.29 is 70.5 Å². The Morgan fingerprint density at radius 2 is 0.808 bits per heavy atom. The smallest absolute Gasteiger partial charge is 0.404 e. The number of nitrogens with zero attached hydrogens (tertiary/aromatic N) is 12. The molecule has 12 aliphatic rings. The van der Waals surface area contributed by atoms with Crippen LogP contribution in [0.25, 0.3) is 0 Å². The van der Waals surface area contributed by atoms with Crippen LogP contribution in [0.2, 0.25) is 0 Å². The van der Waals surface area contributed by atoms with Gasteiger partial charge < -0.3 is 115 Å². The highest BCUT2D eigenvalue weighted by Crippen LogP contribution is 2.48. The molecule has 12 heterocycles. The SMILES string of the molecule is N=C1N(O)C(CO)[C@@H]2N=C(N)NC23CCCN13.N=C1N(O)C(CO)[C@@H]2N=C(N)NC23N1CCC3(O)O.N=C1N(O)C(COC(N)=O)[C@@H]2N=C(N)NC23CCCN13.N=C1N(O)C(COC(N)=O)[C@@H]2N=C(N)NC23N1CCC3(O)O. The molecule has 8 fully saturated rings. The van der Waals surface area contributed by atoms with Crippen LogP contribution in [0.15, 0.2) is 20.0 Å². The van der Waals surface area contributed by atoms with E-state index in [1.807, 2.05) is 0 Å². The van der Waals surface area contributed by atoms with Crippen molar-refractivity contribution in [2.24, 2.45) is 54.4 Å². The molecule has 30 N–H and O–H groups in total. The van der Waals surface area contributed by atoms with E-state index < -0.39 is 108 Å². The zero-order valence-corrected chi connectivity index (χ0v) is 41.5. The van der Waals surface area contributed by atoms with E-state index in [4.69, 9.17) is 60.8 Å². The van der Waals surface area contributed by atoms with Crippen LogP contribution in [-0.4, -0.2) is 286 Å². The molecular weight excluding hydrogens is 1040 g/mol. The highest BCUT2D eigenvalue weighted by Gasteiger charge is 2.73. The monoisotopic (exact) mass is 1110 g/mol. The van der Waals surface area contributed by atoms with Crippen molar-refractivity contribution in [2.75, 3.05) is 52.6 Å². The number of nitrogens with one attached hydrogen (secondary N) is 8. The number of aliphatic imine (C=N–C) groups is 4. The summed E-state index contributed by atoms with van der Waals surface area (Å²) in [4.78, 5) is 44.3. The number of hydroxylamine groups is 8. The van der Waals surface area contributed by atoms with Crippen molar-refractivity contribution in [1.82, 2.24) is 61.1 Å². The van der Waals surface area contributed by atoms with Crippen molar-refractivity contribution in [1.29, 1.82) is 21.6 Å². The summed E-state index contributed by atoms with van der Waals surface area (Å²) in [6.45, 7) is 0.221. The maximum atomic E-state index is 10.8. The van der Waals surface area contributed by atoms with Gasteiger partial charge in [-0.2, -0.15) is 0 Å². The molecule has 0 bridgehead atoms. The largest absolute Gasteiger partial charge is 0.447 e. The molecule has 40 heteroatoms. The lowest BCUT2D eigenvalue weighted by molar-refractivity contribution is -0.241. The highest BCUT2D eigenvalue weighted by atomic mass is 16.6. The summed E-state index contributed by atoms with van der Waals surface area (Å²) in [6.07, 6.45) is 1.18. The molecule has 432 valence electrons. The minimum atomic E-state index is -2.25. The predicted octanol–water partition coefficient (Wildman–Crippen LogP) is -11.0. The molecule has 12 aliphatic heterocycles. The summed E-state index contributed by atoms with van der Waals surface area (Å²) in [5.74, 6) is -4.75. The number of hydrogen-bond acceptors (Lipinski definition) is 30. The van der Waals surface area contributed by atoms with E-state index in [1.165, 1.54) is 9.80 Å². The molecule has 12 rings (SSSR count). The molecule has 0 aromatic heterocycles. The Morgan fingerprint density at radius 1 is 0.500 bits per heavy atom. The predicted molar refractivity (Wildman–Crippen MR) is 260 cm³/mol. The van der Waals surface area contributed by atoms with Crippen molar-refractivity contribution in [2.45, 2.75) is 121 Å². The third kappa shape index (κ3) is 7.87. The number of carbonyl (C=O) groups excluding carboxylic acids is 2. The van der Waals surface area contributed by atoms with Crippen LogP contribution < -0.4 is 55.7 Å². The highest BCUT2D eigenvalue weighted by molar-refractivity contribution is 5.89. The Kier molecular flexibility index (Phi) is 13.4. The average molecular weight is 1110 g/mol. The molecule has 0 aromatic carbocycles. The number of aliphatic hydroxyl groups excluding tert-OH is 2. The van der Waals surface area contributed by atoms with Gasteiger partial charge in [0.1, 0.15) is 72.9 Å². The van der Waals surface area contributed by atoms with Gasteiger partial charge in [-0.05, 0) is 25.7 Å². The van der Waals surface area contributed by atoms with E-state index >= 15 is 0 Å². The fourth-order valence-corrected chi connectivity index (χ4v) is 13.0. The lowest BCUT2D eigenvalue weighted by Crippen LogP contribution is -2.80. The summed E-state index contributed by atoms with van der Waals surface area (Å²) in [6, 6.07) is -6.05. The summed E-state index contributed by atoms with van der Waals surface area (Å²) >= 11 is 0. The second-order valence-corrected chi connectivity index (χ2v) is 20.2. The van der Waals surface area contributed by atoms with E-state index in [2.05, 4.69) is 46.0 Å². The van der Waals surface area contributed by atoms with Gasteiger partial charge in [-0.15, -0.1) is 0 Å². The molecule has 2 amide bonds. The lowest BCUT2D eigenvalue weighted by Gasteiger charge is -2.52. The van der Waals surface area contributed by atoms with E-state index in [0.29, 0.717) is 29.2 Å². The maximum Gasteiger partial charge on any atom is 0.404 e. The molecule has 0 aliphatic carbocycles. The molecule has 0 aromatic rings. The van der Waals surface area contributed by atoms with Gasteiger partial charge in [0.25, 0.3) is 0 Å². The van der Waals surface area contributed by atoms with Gasteiger partial charge in [-0.3, -0.25) is 42.5 Å². The number of amides is 2. The first-order valence-electron chi connectivity index (χ1n) is 24.4. The van der Waals surface area contributed by atoms with Crippen LogP contribution in [0.5, 0.6) is 0 Å². The standard InChI is InChI=1S/C10H17N7O5.C10H17N7O3.C9H16N6O4.C9H16N6O2/c11-6-14-5-4(3-22-8(13)18)17(21)7(12)16-2-1-9(19,20)10(5,16)15-6;11-7-14-6-5(4-20-9(13)18)17(19)8(12)16-3-1-2-10(6,16)15-7;10-6-12-5-4(3-16)15(19)7(11)14-2-1-8(17,18)9(5,14)13-6;10-7-12-6-5(4-16)15(17)8(11)14-3-1-2-9(6,14)13-7/h4-5,12,19-21H,1-3H2,(H2,13,18)(H3,11,14,15);5-6,12,19H,1-4H2,(H2,13,18)(H3,11,14,15);4-5,11,16-19H,1-3H2,(H3,10,12,13);5-6,11,16-17H,1-4H2,(H3,10,12,13)/t4?,5-,10?;5?,6-,10?;4?,5-,9?;5?,6-,9?/m0000/s1. The molecule has 78 heavy (non-hydrogen) atoms. The van der Waals surface area contributed by atoms with Gasteiger partial charge in [-0.25, -0.2) is 49.8 Å². The molecule has 8 saturated heterocycles. The number of aliphatic hydroxyl groups is 6. The molecule has 4 spiro atoms. The molecule has 12 atom stereocenters. The Hall–Kier alpha value is -7.70. The van der Waals surface area contributed by atoms with E-state index in [0.717, 1.165) is 35.8 Å². The Balaban J connectivity index is 0.000000127. The van der Waals surface area contributed by atoms with Crippen molar-refractivity contribution in [3.63, 3.8) is 0 Å². The van der Waals surface area contributed by atoms with Crippen molar-refractivity contribution in [3.8, 4) is 0 Å². The number of nitrogens with two attached hydrogens (primary N) is 6. The van der Waals surface area contributed by atoms with Gasteiger partial charge in [0.05, 0.1) is 13.2 Å². The number of ether oxygens (including phenoxy) is 2. The fraction of sp³-hybridized carbons (Fsp3) is 0.737. The minimum absolute atomic E-state index is 0.00444. The number of rotatable bonds is 6. The van der Waals surface area contributed by atoms with Gasteiger partial charge in [0.15, 0.2) is 35.2 Å². The summed E-state index contributed by atoms with van der Waals surface area (Å²) in [5, 5.41) is 146. The minimum Gasteiger partial charge on any atom is -0.447 e. The molecule has 8 unspecified atom stereocenters. The normalized spacial score (nSPS) is 37.5. The second kappa shape index (κ2) is 19.0. The van der Waals surface area contributed by atoms with Crippen LogP contribution in [0.4, 0.5) is 9.59 Å². The summed E-state index contributed by atoms with van der Waals surface area (Å²) in [7, 11) is 0. The van der Waals surface area contributed by atoms with Crippen LogP contribution in [0.3, 0.4) is 0 Å². The maximum absolute atomic E-state index is 10.8. The van der Waals surface area contributed by atoms with Gasteiger partial charge >= 0.3 is 12.2 Å². The molecule has 0 radical (unpaired) electrons. The van der Waals surface area contributed by atoms with Crippen LogP contribution in [-0.2, 0) is 9.47 Å². The lowest BCUT2D eigenvalue weighted by atomic mass is 9.86. The number of hydrogen-bond donors (Lipinski definition) is 24. The van der Waals surface area contributed by atoms with Crippen molar-refractivity contribution >= 4 is 59.9 Å². The van der Waals surface area contributed by atoms with Crippen LogP contribution in [0.1, 0.15) is 38.5 Å². The Labute approximate surface area is 440 Å². The number of primary amides is 2. The van der Waals surface area contributed by atoms with Gasteiger partial charge in [0, 0.05) is 39.0 Å². The fourth-order valence-electron chi connectivity index (χ4n) is 13.0. The van der Waals surface area contributed by atoms with Crippen LogP contribution >= 0.6 is 0 Å². The number of guanidine groups is 8. The first-order chi connectivity index (χ1) is 36.6. The average Bonchev–Trinajstić information content (AvgIpc) is 4.45. The Bertz CT molecular complexity index is 2610. The molecule has 40 nitrogen and oxygen atoms in total. The van der Waals surface area contributed by atoms with Crippen molar-refractivity contribution in [3.05, 3.63) is 0 Å². The summed E-state index contributed by atoms with van der Waals surface area (Å²) in [5.41, 5.74) is 28.3. The number of carbonyl (C=O) groups is 2. The van der Waals surface area contributed by atoms with E-state index in [1.54, 1.807) is 9.80 Å². The quantitative estimate of drug-likeness (QED) is 0.110. The third-order valence-electron chi connectivity index (χ3n) is 16.3. The first-order valence-corrected chi connectivity index (χ1v) is 24.4. The Morgan fingerprint density at radius 3 is 1.19 bits per heavy atom. The second-order valence-electron chi connectivity index (χ2n) is 20.2. The zero-order chi connectivity index (χ0) is 57.0.